The zero-order chi connectivity index (χ0) is 15.7. The number of ether oxygens (including phenoxy) is 2. The fraction of sp³-hybridized carbons (Fsp3) is 0.250. The van der Waals surface area contributed by atoms with Gasteiger partial charge in [-0.1, -0.05) is 0 Å². The Balaban J connectivity index is 2.53. The van der Waals surface area contributed by atoms with Gasteiger partial charge in [-0.2, -0.15) is 5.10 Å². The second kappa shape index (κ2) is 8.64. The number of hydrazone groups is 1. The number of nitrogens with zero attached hydrogens (tertiary/aromatic N) is 1. The Labute approximate surface area is 126 Å². The molecule has 1 aromatic rings. The average molecular weight is 315 g/mol. The molecule has 0 atom stereocenters. The SMILES string of the molecule is COc1ccc(/C=N\NC(=O)NNC(=O)CCl)cc1OC. The second-order valence-corrected chi connectivity index (χ2v) is 3.89. The molecule has 0 unspecified atom stereocenters. The van der Waals surface area contributed by atoms with Crippen molar-refractivity contribution in [2.24, 2.45) is 5.10 Å². The molecule has 0 saturated carbocycles. The number of hydrogen-bond donors (Lipinski definition) is 3. The summed E-state index contributed by atoms with van der Waals surface area (Å²) >= 11 is 5.24. The molecular weight excluding hydrogens is 300 g/mol. The summed E-state index contributed by atoms with van der Waals surface area (Å²) in [5.41, 5.74) is 7.00. The molecule has 0 heterocycles. The number of nitrogens with one attached hydrogen (secondary N) is 3. The molecule has 0 aliphatic carbocycles. The van der Waals surface area contributed by atoms with Crippen molar-refractivity contribution in [3.63, 3.8) is 0 Å². The topological polar surface area (TPSA) is 101 Å². The van der Waals surface area contributed by atoms with Crippen LogP contribution in [0.2, 0.25) is 0 Å². The number of carbonyl (C=O) groups excluding carboxylic acids is 2. The van der Waals surface area contributed by atoms with Crippen LogP contribution in [0.25, 0.3) is 0 Å². The minimum atomic E-state index is -0.704. The third-order valence-corrected chi connectivity index (χ3v) is 2.47. The van der Waals surface area contributed by atoms with E-state index in [9.17, 15) is 9.59 Å². The first kappa shape index (κ1) is 16.6. The molecule has 3 N–H and O–H groups in total. The highest BCUT2D eigenvalue weighted by Gasteiger charge is 2.03. The monoisotopic (exact) mass is 314 g/mol. The van der Waals surface area contributed by atoms with E-state index in [1.165, 1.54) is 20.4 Å². The van der Waals surface area contributed by atoms with Gasteiger partial charge in [0.25, 0.3) is 5.91 Å². The van der Waals surface area contributed by atoms with Crippen LogP contribution in [0.4, 0.5) is 4.79 Å². The van der Waals surface area contributed by atoms with Crippen LogP contribution in [-0.4, -0.2) is 38.3 Å². The molecular formula is C12H15ClN4O4. The summed E-state index contributed by atoms with van der Waals surface area (Å²) in [6, 6.07) is 4.43. The van der Waals surface area contributed by atoms with Crippen molar-refractivity contribution in [1.29, 1.82) is 0 Å². The lowest BCUT2D eigenvalue weighted by Gasteiger charge is -2.07. The fourth-order valence-electron chi connectivity index (χ4n) is 1.29. The van der Waals surface area contributed by atoms with Crippen molar-refractivity contribution in [3.8, 4) is 11.5 Å². The molecule has 1 rings (SSSR count). The zero-order valence-electron chi connectivity index (χ0n) is 11.5. The van der Waals surface area contributed by atoms with Gasteiger partial charge in [0.1, 0.15) is 5.88 Å². The molecule has 0 spiro atoms. The minimum Gasteiger partial charge on any atom is -0.493 e. The number of hydrazine groups is 1. The van der Waals surface area contributed by atoms with E-state index in [0.717, 1.165) is 0 Å². The molecule has 0 aromatic heterocycles. The zero-order valence-corrected chi connectivity index (χ0v) is 12.2. The number of rotatable bonds is 5. The Morgan fingerprint density at radius 1 is 1.24 bits per heavy atom. The van der Waals surface area contributed by atoms with Crippen LogP contribution >= 0.6 is 11.6 Å². The van der Waals surface area contributed by atoms with Gasteiger partial charge in [0.15, 0.2) is 11.5 Å². The smallest absolute Gasteiger partial charge is 0.353 e. The van der Waals surface area contributed by atoms with Crippen LogP contribution < -0.4 is 25.8 Å². The van der Waals surface area contributed by atoms with Crippen molar-refractivity contribution in [2.45, 2.75) is 0 Å². The highest BCUT2D eigenvalue weighted by atomic mass is 35.5. The Hall–Kier alpha value is -2.48. The summed E-state index contributed by atoms with van der Waals surface area (Å²) in [7, 11) is 3.05. The predicted octanol–water partition coefficient (Wildman–Crippen LogP) is 0.607. The molecule has 0 aliphatic heterocycles. The standard InChI is InChI=1S/C12H15ClN4O4/c1-20-9-4-3-8(5-10(9)21-2)7-14-16-12(19)17-15-11(18)6-13/h3-5,7H,6H2,1-2H3,(H,15,18)(H2,16,17,19)/b14-7-. The minimum absolute atomic E-state index is 0.255. The largest absolute Gasteiger partial charge is 0.493 e. The summed E-state index contributed by atoms with van der Waals surface area (Å²) in [6.45, 7) is 0. The third-order valence-electron chi connectivity index (χ3n) is 2.22. The van der Waals surface area contributed by atoms with Gasteiger partial charge in [-0.3, -0.25) is 10.2 Å². The van der Waals surface area contributed by atoms with Crippen LogP contribution in [0, 0.1) is 0 Å². The quantitative estimate of drug-likeness (QED) is 0.421. The predicted molar refractivity (Wildman–Crippen MR) is 77.7 cm³/mol. The van der Waals surface area contributed by atoms with Gasteiger partial charge < -0.3 is 9.47 Å². The number of amides is 3. The van der Waals surface area contributed by atoms with E-state index in [1.807, 2.05) is 0 Å². The molecule has 0 radical (unpaired) electrons. The number of halogens is 1. The van der Waals surface area contributed by atoms with E-state index >= 15 is 0 Å². The molecule has 9 heteroatoms. The molecule has 21 heavy (non-hydrogen) atoms. The number of urea groups is 1. The third kappa shape index (κ3) is 5.57. The van der Waals surface area contributed by atoms with Crippen LogP contribution in [0.3, 0.4) is 0 Å². The van der Waals surface area contributed by atoms with E-state index in [2.05, 4.69) is 21.4 Å². The maximum Gasteiger partial charge on any atom is 0.353 e. The van der Waals surface area contributed by atoms with Gasteiger partial charge in [-0.25, -0.2) is 15.6 Å². The molecule has 0 aliphatic rings. The first-order valence-electron chi connectivity index (χ1n) is 5.76. The van der Waals surface area contributed by atoms with Crippen molar-refractivity contribution in [3.05, 3.63) is 23.8 Å². The Morgan fingerprint density at radius 2 is 1.95 bits per heavy atom. The number of carbonyl (C=O) groups is 2. The van der Waals surface area contributed by atoms with Gasteiger partial charge in [0.2, 0.25) is 0 Å². The Bertz CT molecular complexity index is 536. The molecule has 0 saturated heterocycles. The molecule has 0 fully saturated rings. The number of methoxy groups -OCH3 is 2. The molecule has 3 amide bonds. The van der Waals surface area contributed by atoms with Crippen molar-refractivity contribution in [1.82, 2.24) is 16.3 Å². The van der Waals surface area contributed by atoms with Crippen molar-refractivity contribution in [2.75, 3.05) is 20.1 Å². The summed E-state index contributed by atoms with van der Waals surface area (Å²) < 4.78 is 10.2. The van der Waals surface area contributed by atoms with Crippen molar-refractivity contribution >= 4 is 29.8 Å². The fourth-order valence-corrected chi connectivity index (χ4v) is 1.35. The number of alkyl halides is 1. The van der Waals surface area contributed by atoms with Gasteiger partial charge in [0.05, 0.1) is 20.4 Å². The second-order valence-electron chi connectivity index (χ2n) is 3.62. The van der Waals surface area contributed by atoms with Crippen LogP contribution in [0.1, 0.15) is 5.56 Å². The molecule has 0 bridgehead atoms. The number of benzene rings is 1. The molecule has 8 nitrogen and oxygen atoms in total. The highest BCUT2D eigenvalue weighted by Crippen LogP contribution is 2.26. The van der Waals surface area contributed by atoms with E-state index in [1.54, 1.807) is 18.2 Å². The van der Waals surface area contributed by atoms with E-state index in [0.29, 0.717) is 17.1 Å². The maximum atomic E-state index is 11.2. The summed E-state index contributed by atoms with van der Waals surface area (Å²) in [4.78, 5) is 22.0. The summed E-state index contributed by atoms with van der Waals surface area (Å²) in [5, 5.41) is 3.71. The van der Waals surface area contributed by atoms with E-state index < -0.39 is 11.9 Å². The first-order chi connectivity index (χ1) is 10.1. The van der Waals surface area contributed by atoms with Crippen LogP contribution in [0.5, 0.6) is 11.5 Å². The highest BCUT2D eigenvalue weighted by molar-refractivity contribution is 6.27. The summed E-state index contributed by atoms with van der Waals surface area (Å²) in [5.74, 6) is 0.343. The van der Waals surface area contributed by atoms with Crippen molar-refractivity contribution < 1.29 is 19.1 Å². The van der Waals surface area contributed by atoms with Crippen LogP contribution in [-0.2, 0) is 4.79 Å². The lowest BCUT2D eigenvalue weighted by molar-refractivity contribution is -0.119. The average Bonchev–Trinajstić information content (AvgIpc) is 2.52. The first-order valence-corrected chi connectivity index (χ1v) is 6.30. The van der Waals surface area contributed by atoms with Gasteiger partial charge in [-0.05, 0) is 23.8 Å². The van der Waals surface area contributed by atoms with Gasteiger partial charge in [-0.15, -0.1) is 11.6 Å². The maximum absolute atomic E-state index is 11.2. The van der Waals surface area contributed by atoms with Gasteiger partial charge in [0, 0.05) is 0 Å². The Morgan fingerprint density at radius 3 is 2.57 bits per heavy atom. The Kier molecular flexibility index (Phi) is 6.82. The van der Waals surface area contributed by atoms with Crippen LogP contribution in [0.15, 0.2) is 23.3 Å². The molecule has 114 valence electrons. The lowest BCUT2D eigenvalue weighted by atomic mass is 10.2. The van der Waals surface area contributed by atoms with E-state index in [4.69, 9.17) is 21.1 Å². The normalized spacial score (nSPS) is 10.0. The molecule has 1 aromatic carbocycles. The number of hydrogen-bond acceptors (Lipinski definition) is 5. The lowest BCUT2D eigenvalue weighted by Crippen LogP contribution is -2.46. The van der Waals surface area contributed by atoms with Gasteiger partial charge >= 0.3 is 6.03 Å². The van der Waals surface area contributed by atoms with E-state index in [-0.39, 0.29) is 5.88 Å². The summed E-state index contributed by atoms with van der Waals surface area (Å²) in [6.07, 6.45) is 1.41.